The highest BCUT2D eigenvalue weighted by Crippen LogP contribution is 2.21. The second-order valence-corrected chi connectivity index (χ2v) is 5.75. The van der Waals surface area contributed by atoms with Gasteiger partial charge in [-0.05, 0) is 30.5 Å². The van der Waals surface area contributed by atoms with Gasteiger partial charge in [-0.3, -0.25) is 0 Å². The van der Waals surface area contributed by atoms with Crippen LogP contribution in [0.3, 0.4) is 0 Å². The van der Waals surface area contributed by atoms with Crippen LogP contribution < -0.4 is 10.2 Å². The Hall–Kier alpha value is -1.46. The summed E-state index contributed by atoms with van der Waals surface area (Å²) in [6.07, 6.45) is 2.71. The van der Waals surface area contributed by atoms with Gasteiger partial charge in [-0.1, -0.05) is 13.0 Å². The largest absolute Gasteiger partial charge is 0.352 e. The van der Waals surface area contributed by atoms with E-state index in [9.17, 15) is 4.39 Å². The first kappa shape index (κ1) is 14.9. The molecule has 2 heterocycles. The predicted octanol–water partition coefficient (Wildman–Crippen LogP) is 3.42. The highest BCUT2D eigenvalue weighted by atomic mass is 32.1. The van der Waals surface area contributed by atoms with Crippen molar-refractivity contribution in [3.63, 3.8) is 0 Å². The first-order chi connectivity index (χ1) is 9.72. The molecule has 0 aliphatic heterocycles. The number of rotatable bonds is 7. The number of anilines is 1. The summed E-state index contributed by atoms with van der Waals surface area (Å²) in [5.74, 6) is 0.185. The van der Waals surface area contributed by atoms with E-state index in [0.29, 0.717) is 24.5 Å². The van der Waals surface area contributed by atoms with E-state index in [1.807, 2.05) is 29.5 Å². The number of thiophene rings is 1. The molecule has 2 rings (SSSR count). The number of hydrogen-bond acceptors (Lipinski definition) is 4. The summed E-state index contributed by atoms with van der Waals surface area (Å²) >= 11 is 1.67. The number of aromatic nitrogens is 1. The maximum atomic E-state index is 14.4. The summed E-state index contributed by atoms with van der Waals surface area (Å²) in [7, 11) is 1.87. The zero-order valence-electron chi connectivity index (χ0n) is 11.9. The predicted molar refractivity (Wildman–Crippen MR) is 82.6 cm³/mol. The molecule has 0 unspecified atom stereocenters. The van der Waals surface area contributed by atoms with Crippen LogP contribution in [0.1, 0.15) is 23.8 Å². The van der Waals surface area contributed by atoms with Crippen molar-refractivity contribution in [3.8, 4) is 0 Å². The monoisotopic (exact) mass is 293 g/mol. The highest BCUT2D eigenvalue weighted by Gasteiger charge is 2.13. The minimum Gasteiger partial charge on any atom is -0.352 e. The molecule has 2 aromatic heterocycles. The molecule has 3 nitrogen and oxygen atoms in total. The van der Waals surface area contributed by atoms with Gasteiger partial charge in [0, 0.05) is 30.2 Å². The van der Waals surface area contributed by atoms with Gasteiger partial charge in [0.25, 0.3) is 0 Å². The summed E-state index contributed by atoms with van der Waals surface area (Å²) in [5, 5.41) is 5.25. The first-order valence-electron chi connectivity index (χ1n) is 6.80. The molecule has 0 bridgehead atoms. The van der Waals surface area contributed by atoms with Gasteiger partial charge < -0.3 is 10.2 Å². The van der Waals surface area contributed by atoms with Crippen molar-refractivity contribution in [3.05, 3.63) is 46.0 Å². The Kier molecular flexibility index (Phi) is 5.49. The van der Waals surface area contributed by atoms with Crippen LogP contribution in [0.15, 0.2) is 29.8 Å². The second-order valence-electron chi connectivity index (χ2n) is 4.72. The Morgan fingerprint density at radius 2 is 2.25 bits per heavy atom. The summed E-state index contributed by atoms with van der Waals surface area (Å²) in [4.78, 5) is 7.22. The Balaban J connectivity index is 2.08. The van der Waals surface area contributed by atoms with Crippen molar-refractivity contribution in [2.24, 2.45) is 0 Å². The van der Waals surface area contributed by atoms with E-state index >= 15 is 0 Å². The Morgan fingerprint density at radius 1 is 1.40 bits per heavy atom. The minimum atomic E-state index is -0.227. The molecule has 0 aliphatic carbocycles. The van der Waals surface area contributed by atoms with Crippen LogP contribution in [0.25, 0.3) is 0 Å². The molecule has 0 saturated carbocycles. The fourth-order valence-electron chi connectivity index (χ4n) is 1.98. The van der Waals surface area contributed by atoms with Gasteiger partial charge in [-0.25, -0.2) is 9.37 Å². The zero-order chi connectivity index (χ0) is 14.4. The Labute approximate surface area is 123 Å². The number of pyridine rings is 1. The van der Waals surface area contributed by atoms with Gasteiger partial charge in [-0.15, -0.1) is 11.3 Å². The molecule has 1 N–H and O–H groups in total. The molecule has 0 aliphatic rings. The van der Waals surface area contributed by atoms with Crippen LogP contribution in [-0.2, 0) is 13.1 Å². The van der Waals surface area contributed by atoms with Crippen LogP contribution in [-0.4, -0.2) is 18.6 Å². The van der Waals surface area contributed by atoms with E-state index in [4.69, 9.17) is 0 Å². The number of halogens is 1. The van der Waals surface area contributed by atoms with Gasteiger partial charge in [0.15, 0.2) is 11.6 Å². The van der Waals surface area contributed by atoms with E-state index < -0.39 is 0 Å². The molecule has 0 atom stereocenters. The molecule has 0 spiro atoms. The highest BCUT2D eigenvalue weighted by molar-refractivity contribution is 7.09. The molecular weight excluding hydrogens is 273 g/mol. The maximum absolute atomic E-state index is 14.4. The van der Waals surface area contributed by atoms with Gasteiger partial charge in [0.2, 0.25) is 0 Å². The smallest absolute Gasteiger partial charge is 0.170 e. The van der Waals surface area contributed by atoms with Crippen molar-refractivity contribution in [1.82, 2.24) is 10.3 Å². The number of nitrogens with zero attached hydrogens (tertiary/aromatic N) is 2. The van der Waals surface area contributed by atoms with Gasteiger partial charge in [0.05, 0.1) is 6.54 Å². The molecule has 0 radical (unpaired) electrons. The van der Waals surface area contributed by atoms with Gasteiger partial charge in [-0.2, -0.15) is 0 Å². The lowest BCUT2D eigenvalue weighted by Crippen LogP contribution is -2.21. The normalized spacial score (nSPS) is 10.8. The topological polar surface area (TPSA) is 28.2 Å². The first-order valence-corrected chi connectivity index (χ1v) is 7.68. The fourth-order valence-corrected chi connectivity index (χ4v) is 2.74. The second kappa shape index (κ2) is 7.36. The van der Waals surface area contributed by atoms with Gasteiger partial charge in [0.1, 0.15) is 0 Å². The summed E-state index contributed by atoms with van der Waals surface area (Å²) in [6.45, 7) is 4.20. The van der Waals surface area contributed by atoms with Crippen molar-refractivity contribution in [1.29, 1.82) is 0 Å². The molecule has 0 amide bonds. The van der Waals surface area contributed by atoms with Crippen molar-refractivity contribution in [2.45, 2.75) is 26.4 Å². The molecule has 2 aromatic rings. The van der Waals surface area contributed by atoms with Crippen molar-refractivity contribution >= 4 is 17.2 Å². The molecule has 0 saturated heterocycles. The lowest BCUT2D eigenvalue weighted by molar-refractivity contribution is 0.577. The molecule has 0 fully saturated rings. The van der Waals surface area contributed by atoms with Crippen LogP contribution in [0.5, 0.6) is 0 Å². The van der Waals surface area contributed by atoms with Crippen LogP contribution in [0, 0.1) is 5.82 Å². The Morgan fingerprint density at radius 3 is 2.95 bits per heavy atom. The van der Waals surface area contributed by atoms with E-state index in [1.165, 1.54) is 4.88 Å². The van der Waals surface area contributed by atoms with Crippen LogP contribution in [0.2, 0.25) is 0 Å². The summed E-state index contributed by atoms with van der Waals surface area (Å²) in [6, 6.07) is 5.79. The quantitative estimate of drug-likeness (QED) is 0.793. The average molecular weight is 293 g/mol. The molecular formula is C15H20FN3S. The maximum Gasteiger partial charge on any atom is 0.170 e. The van der Waals surface area contributed by atoms with E-state index in [-0.39, 0.29) is 5.82 Å². The van der Waals surface area contributed by atoms with Gasteiger partial charge >= 0.3 is 0 Å². The third kappa shape index (κ3) is 3.77. The van der Waals surface area contributed by atoms with E-state index in [0.717, 1.165) is 13.0 Å². The van der Waals surface area contributed by atoms with Crippen LogP contribution >= 0.6 is 11.3 Å². The third-order valence-corrected chi connectivity index (χ3v) is 3.89. The van der Waals surface area contributed by atoms with Crippen LogP contribution in [0.4, 0.5) is 10.2 Å². The standard InChI is InChI=1S/C15H20FN3S/c1-3-7-17-10-12-6-8-18-15(14(12)16)19(2)11-13-5-4-9-20-13/h4-6,8-9,17H,3,7,10-11H2,1-2H3. The number of nitrogens with one attached hydrogen (secondary N) is 1. The van der Waals surface area contributed by atoms with Crippen molar-refractivity contribution < 1.29 is 4.39 Å². The summed E-state index contributed by atoms with van der Waals surface area (Å²) in [5.41, 5.74) is 0.668. The minimum absolute atomic E-state index is 0.227. The number of hydrogen-bond donors (Lipinski definition) is 1. The molecule has 108 valence electrons. The van der Waals surface area contributed by atoms with E-state index in [2.05, 4.69) is 17.2 Å². The fraction of sp³-hybridized carbons (Fsp3) is 0.400. The SMILES string of the molecule is CCCNCc1ccnc(N(C)Cc2cccs2)c1F. The zero-order valence-corrected chi connectivity index (χ0v) is 12.7. The molecule has 0 aromatic carbocycles. The summed E-state index contributed by atoms with van der Waals surface area (Å²) < 4.78 is 14.4. The van der Waals surface area contributed by atoms with Crippen molar-refractivity contribution in [2.75, 3.05) is 18.5 Å². The average Bonchev–Trinajstić information content (AvgIpc) is 2.93. The van der Waals surface area contributed by atoms with E-state index in [1.54, 1.807) is 23.6 Å². The third-order valence-electron chi connectivity index (χ3n) is 3.03. The Bertz CT molecular complexity index is 528. The molecule has 5 heteroatoms. The molecule has 20 heavy (non-hydrogen) atoms. The lowest BCUT2D eigenvalue weighted by Gasteiger charge is -2.19. The lowest BCUT2D eigenvalue weighted by atomic mass is 10.2.